The number of nitrogen functional groups attached to an aromatic ring is 1. The zero-order chi connectivity index (χ0) is 24.3. The minimum Gasteiger partial charge on any atom is -0.383 e. The number of aromatic nitrogens is 3. The first kappa shape index (κ1) is 22.2. The molecule has 34 heavy (non-hydrogen) atoms. The molecule has 1 atom stereocenters. The molecule has 11 heteroatoms. The van der Waals surface area contributed by atoms with Crippen LogP contribution in [0.4, 0.5) is 28.2 Å². The summed E-state index contributed by atoms with van der Waals surface area (Å²) in [7, 11) is 0. The molecular formula is C23H22F4N6O. The van der Waals surface area contributed by atoms with Crippen molar-refractivity contribution in [3.8, 4) is 11.3 Å². The molecule has 5 rings (SSSR count). The number of aryl methyl sites for hydroxylation is 1. The largest absolute Gasteiger partial charge is 0.419 e. The third-order valence-electron chi connectivity index (χ3n) is 6.63. The monoisotopic (exact) mass is 474 g/mol. The van der Waals surface area contributed by atoms with E-state index >= 15 is 0 Å². The van der Waals surface area contributed by atoms with Crippen molar-refractivity contribution < 1.29 is 22.4 Å². The van der Waals surface area contributed by atoms with Crippen LogP contribution in [-0.4, -0.2) is 38.8 Å². The molecule has 2 aliphatic rings. The van der Waals surface area contributed by atoms with Crippen LogP contribution in [0.3, 0.4) is 0 Å². The Labute approximate surface area is 192 Å². The molecule has 0 saturated carbocycles. The van der Waals surface area contributed by atoms with Gasteiger partial charge in [-0.25, -0.2) is 14.2 Å². The lowest BCUT2D eigenvalue weighted by atomic mass is 9.76. The van der Waals surface area contributed by atoms with Gasteiger partial charge in [0.05, 0.1) is 17.3 Å². The van der Waals surface area contributed by atoms with Gasteiger partial charge in [0.2, 0.25) is 0 Å². The van der Waals surface area contributed by atoms with Crippen LogP contribution in [0.15, 0.2) is 42.6 Å². The number of fused-ring (bicyclic) bond motifs is 2. The lowest BCUT2D eigenvalue weighted by Crippen LogP contribution is -2.62. The Morgan fingerprint density at radius 3 is 2.59 bits per heavy atom. The minimum atomic E-state index is -4.61. The predicted molar refractivity (Wildman–Crippen MR) is 116 cm³/mol. The second-order valence-electron chi connectivity index (χ2n) is 8.90. The summed E-state index contributed by atoms with van der Waals surface area (Å²) < 4.78 is 54.6. The van der Waals surface area contributed by atoms with Crippen molar-refractivity contribution in [3.05, 3.63) is 65.2 Å². The molecule has 1 spiro atoms. The van der Waals surface area contributed by atoms with Gasteiger partial charge in [0.15, 0.2) is 0 Å². The molecule has 0 radical (unpaired) electrons. The number of likely N-dealkylation sites (tertiary alicyclic amines) is 1. The Balaban J connectivity index is 1.29. The number of nitrogens with two attached hydrogens (primary N) is 1. The van der Waals surface area contributed by atoms with Crippen LogP contribution < -0.4 is 11.1 Å². The van der Waals surface area contributed by atoms with Crippen molar-refractivity contribution >= 4 is 11.8 Å². The van der Waals surface area contributed by atoms with E-state index in [4.69, 9.17) is 5.73 Å². The topological polar surface area (TPSA) is 89.1 Å². The van der Waals surface area contributed by atoms with Gasteiger partial charge < -0.3 is 16.0 Å². The highest BCUT2D eigenvalue weighted by Gasteiger charge is 2.51. The number of urea groups is 1. The minimum absolute atomic E-state index is 0.224. The van der Waals surface area contributed by atoms with E-state index in [1.165, 1.54) is 18.3 Å². The fourth-order valence-electron chi connectivity index (χ4n) is 4.71. The summed E-state index contributed by atoms with van der Waals surface area (Å²) in [5, 5.41) is 7.40. The number of hydrogen-bond acceptors (Lipinski definition) is 4. The smallest absolute Gasteiger partial charge is 0.383 e. The fraction of sp³-hybridized carbons (Fsp3) is 0.348. The van der Waals surface area contributed by atoms with Gasteiger partial charge in [-0.3, -0.25) is 4.68 Å². The number of halogens is 4. The molecule has 2 aliphatic heterocycles. The van der Waals surface area contributed by atoms with Crippen molar-refractivity contribution in [1.29, 1.82) is 0 Å². The first-order valence-electron chi connectivity index (χ1n) is 10.8. The number of nitrogens with one attached hydrogen (secondary N) is 1. The standard InChI is InChI=1S/C23H22F4N6O/c1-13(14-2-4-16(24)5-3-14)30-21(34)32-11-22(12-32)6-7-33-19(22)9-18(31-33)15-8-17(23(25,26)27)20(28)29-10-15/h2-5,8-10,13H,6-7,11-12H2,1H3,(H2,28,29)(H,30,34)/t13-/m1/s1. The quantitative estimate of drug-likeness (QED) is 0.559. The number of anilines is 1. The van der Waals surface area contributed by atoms with Gasteiger partial charge in [-0.2, -0.15) is 18.3 Å². The summed E-state index contributed by atoms with van der Waals surface area (Å²) in [4.78, 5) is 18.1. The average molecular weight is 474 g/mol. The number of alkyl halides is 3. The predicted octanol–water partition coefficient (Wildman–Crippen LogP) is 4.11. The molecular weight excluding hydrogens is 452 g/mol. The number of amides is 2. The summed E-state index contributed by atoms with van der Waals surface area (Å²) in [5.74, 6) is -0.913. The van der Waals surface area contributed by atoms with E-state index in [-0.39, 0.29) is 28.9 Å². The Kier molecular flexibility index (Phi) is 5.03. The first-order valence-corrected chi connectivity index (χ1v) is 10.8. The van der Waals surface area contributed by atoms with E-state index in [0.717, 1.165) is 23.7 Å². The van der Waals surface area contributed by atoms with Crippen molar-refractivity contribution in [2.45, 2.75) is 37.5 Å². The summed E-state index contributed by atoms with van der Waals surface area (Å²) >= 11 is 0. The fourth-order valence-corrected chi connectivity index (χ4v) is 4.71. The lowest BCUT2D eigenvalue weighted by Gasteiger charge is -2.47. The van der Waals surface area contributed by atoms with Crippen LogP contribution in [0.5, 0.6) is 0 Å². The second kappa shape index (κ2) is 7.71. The van der Waals surface area contributed by atoms with Crippen LogP contribution in [-0.2, 0) is 18.1 Å². The molecule has 1 fully saturated rings. The molecule has 0 unspecified atom stereocenters. The maximum Gasteiger partial charge on any atom is 0.419 e. The molecule has 1 saturated heterocycles. The highest BCUT2D eigenvalue weighted by molar-refractivity contribution is 5.76. The molecule has 178 valence electrons. The molecule has 0 bridgehead atoms. The highest BCUT2D eigenvalue weighted by atomic mass is 19.4. The van der Waals surface area contributed by atoms with Gasteiger partial charge in [-0.05, 0) is 43.2 Å². The maximum atomic E-state index is 13.2. The molecule has 2 amide bonds. The summed E-state index contributed by atoms with van der Waals surface area (Å²) in [5.41, 5.74) is 6.44. The average Bonchev–Trinajstić information content (AvgIpc) is 3.32. The number of hydrogen-bond donors (Lipinski definition) is 2. The Bertz CT molecular complexity index is 1250. The zero-order valence-corrected chi connectivity index (χ0v) is 18.2. The molecule has 4 heterocycles. The number of pyridine rings is 1. The van der Waals surface area contributed by atoms with Gasteiger partial charge in [0.25, 0.3) is 0 Å². The third-order valence-corrected chi connectivity index (χ3v) is 6.63. The van der Waals surface area contributed by atoms with E-state index in [1.54, 1.807) is 27.8 Å². The van der Waals surface area contributed by atoms with Crippen molar-refractivity contribution in [1.82, 2.24) is 25.0 Å². The van der Waals surface area contributed by atoms with Crippen molar-refractivity contribution in [2.75, 3.05) is 18.8 Å². The normalized spacial score (nSPS) is 17.4. The van der Waals surface area contributed by atoms with E-state index in [2.05, 4.69) is 15.4 Å². The highest BCUT2D eigenvalue weighted by Crippen LogP contribution is 2.44. The van der Waals surface area contributed by atoms with Crippen LogP contribution in [0, 0.1) is 5.82 Å². The summed E-state index contributed by atoms with van der Waals surface area (Å²) in [6.45, 7) is 3.40. The van der Waals surface area contributed by atoms with Crippen molar-refractivity contribution in [3.63, 3.8) is 0 Å². The van der Waals surface area contributed by atoms with Crippen molar-refractivity contribution in [2.24, 2.45) is 0 Å². The van der Waals surface area contributed by atoms with Crippen LogP contribution in [0.25, 0.3) is 11.3 Å². The zero-order valence-electron chi connectivity index (χ0n) is 18.2. The number of carbonyl (C=O) groups is 1. The van der Waals surface area contributed by atoms with E-state index in [9.17, 15) is 22.4 Å². The van der Waals surface area contributed by atoms with Gasteiger partial charge >= 0.3 is 12.2 Å². The Morgan fingerprint density at radius 1 is 1.21 bits per heavy atom. The molecule has 0 aliphatic carbocycles. The Morgan fingerprint density at radius 2 is 1.91 bits per heavy atom. The number of nitrogens with zero attached hydrogens (tertiary/aromatic N) is 4. The van der Waals surface area contributed by atoms with Gasteiger partial charge in [-0.1, -0.05) is 12.1 Å². The summed E-state index contributed by atoms with van der Waals surface area (Å²) in [6.07, 6.45) is -2.53. The Hall–Kier alpha value is -3.63. The maximum absolute atomic E-state index is 13.2. The van der Waals surface area contributed by atoms with E-state index < -0.39 is 17.6 Å². The second-order valence-corrected chi connectivity index (χ2v) is 8.90. The first-order chi connectivity index (χ1) is 16.1. The number of carbonyl (C=O) groups excluding carboxylic acids is 1. The molecule has 3 N–H and O–H groups in total. The van der Waals surface area contributed by atoms with Gasteiger partial charge in [-0.15, -0.1) is 0 Å². The van der Waals surface area contributed by atoms with Crippen LogP contribution >= 0.6 is 0 Å². The summed E-state index contributed by atoms with van der Waals surface area (Å²) in [6, 6.07) is 8.19. The number of rotatable bonds is 3. The van der Waals surface area contributed by atoms with Gasteiger partial charge in [0, 0.05) is 42.5 Å². The van der Waals surface area contributed by atoms with E-state index in [0.29, 0.717) is 25.3 Å². The molecule has 3 aromatic rings. The molecule has 2 aromatic heterocycles. The van der Waals surface area contributed by atoms with E-state index in [1.807, 2.05) is 6.92 Å². The van der Waals surface area contributed by atoms with Crippen LogP contribution in [0.1, 0.15) is 36.2 Å². The third kappa shape index (κ3) is 3.74. The lowest BCUT2D eigenvalue weighted by molar-refractivity contribution is -0.137. The molecule has 7 nitrogen and oxygen atoms in total. The van der Waals surface area contributed by atoms with Crippen LogP contribution in [0.2, 0.25) is 0 Å². The SMILES string of the molecule is C[C@@H](NC(=O)N1CC2(CCn3nc(-c4cnc(N)c(C(F)(F)F)c4)cc32)C1)c1ccc(F)cc1. The number of benzene rings is 1. The molecule has 1 aromatic carbocycles. The van der Waals surface area contributed by atoms with Gasteiger partial charge in [0.1, 0.15) is 11.6 Å².